The van der Waals surface area contributed by atoms with E-state index in [0.29, 0.717) is 18.2 Å². The van der Waals surface area contributed by atoms with Crippen LogP contribution in [-0.2, 0) is 13.2 Å². The zero-order chi connectivity index (χ0) is 12.1. The predicted molar refractivity (Wildman–Crippen MR) is 66.4 cm³/mol. The van der Waals surface area contributed by atoms with Gasteiger partial charge in [-0.05, 0) is 12.1 Å². The maximum atomic E-state index is 8.82. The van der Waals surface area contributed by atoms with Gasteiger partial charge in [0, 0.05) is 16.1 Å². The van der Waals surface area contributed by atoms with Crippen LogP contribution in [0.4, 0.5) is 0 Å². The molecule has 0 aliphatic heterocycles. The molecule has 1 aromatic carbocycles. The summed E-state index contributed by atoms with van der Waals surface area (Å²) < 4.78 is 6.49. The summed E-state index contributed by atoms with van der Waals surface area (Å²) in [4.78, 5) is 0. The monoisotopic (exact) mass is 294 g/mol. The number of aromatic nitrogens is 2. The molecule has 0 radical (unpaired) electrons. The summed E-state index contributed by atoms with van der Waals surface area (Å²) in [5.74, 6) is 0.443. The first-order valence-corrected chi connectivity index (χ1v) is 5.88. The summed E-state index contributed by atoms with van der Waals surface area (Å²) in [6.07, 6.45) is 0. The van der Waals surface area contributed by atoms with Crippen LogP contribution in [-0.4, -0.2) is 15.3 Å². The molecule has 0 amide bonds. The highest BCUT2D eigenvalue weighted by molar-refractivity contribution is 9.10. The smallest absolute Gasteiger partial charge is 0.233 e. The van der Waals surface area contributed by atoms with E-state index in [2.05, 4.69) is 26.1 Å². The fraction of sp³-hybridized carbons (Fsp3) is 0.167. The summed E-state index contributed by atoms with van der Waals surface area (Å²) in [5, 5.41) is 16.5. The van der Waals surface area contributed by atoms with Gasteiger partial charge in [-0.2, -0.15) is 0 Å². The molecule has 0 aliphatic rings. The van der Waals surface area contributed by atoms with Crippen LogP contribution in [0.25, 0.3) is 0 Å². The molecule has 5 heteroatoms. The third-order valence-corrected chi connectivity index (χ3v) is 2.96. The van der Waals surface area contributed by atoms with Crippen molar-refractivity contribution in [3.8, 4) is 5.88 Å². The quantitative estimate of drug-likeness (QED) is 0.940. The number of ether oxygens (including phenoxy) is 1. The summed E-state index contributed by atoms with van der Waals surface area (Å²) in [5.41, 5.74) is 1.57. The van der Waals surface area contributed by atoms with E-state index in [0.717, 1.165) is 10.0 Å². The van der Waals surface area contributed by atoms with Crippen LogP contribution >= 0.6 is 15.9 Å². The molecule has 0 unspecified atom stereocenters. The standard InChI is InChI=1S/C12H11BrN2O2/c13-11-4-2-1-3-9(11)8-17-12-6-5-10(7-16)14-15-12/h1-6,16H,7-8H2. The van der Waals surface area contributed by atoms with Crippen LogP contribution in [0.15, 0.2) is 40.9 Å². The maximum Gasteiger partial charge on any atom is 0.233 e. The molecule has 1 N–H and O–H groups in total. The molecule has 0 aliphatic carbocycles. The van der Waals surface area contributed by atoms with Crippen molar-refractivity contribution < 1.29 is 9.84 Å². The fourth-order valence-electron chi connectivity index (χ4n) is 1.28. The van der Waals surface area contributed by atoms with Crippen LogP contribution in [0, 0.1) is 0 Å². The van der Waals surface area contributed by atoms with E-state index in [1.165, 1.54) is 0 Å². The van der Waals surface area contributed by atoms with Gasteiger partial charge >= 0.3 is 0 Å². The average Bonchev–Trinajstić information content (AvgIpc) is 2.38. The largest absolute Gasteiger partial charge is 0.472 e. The molecule has 1 aromatic heterocycles. The van der Waals surface area contributed by atoms with Crippen LogP contribution in [0.1, 0.15) is 11.3 Å². The minimum absolute atomic E-state index is 0.114. The molecule has 0 saturated heterocycles. The van der Waals surface area contributed by atoms with Gasteiger partial charge in [0.05, 0.1) is 12.3 Å². The third-order valence-electron chi connectivity index (χ3n) is 2.19. The molecule has 88 valence electrons. The Kier molecular flexibility index (Phi) is 4.06. The Balaban J connectivity index is 2.00. The lowest BCUT2D eigenvalue weighted by Gasteiger charge is -2.06. The highest BCUT2D eigenvalue weighted by Gasteiger charge is 2.01. The molecule has 0 bridgehead atoms. The van der Waals surface area contributed by atoms with Gasteiger partial charge < -0.3 is 9.84 Å². The lowest BCUT2D eigenvalue weighted by atomic mass is 10.2. The summed E-state index contributed by atoms with van der Waals surface area (Å²) >= 11 is 3.44. The second-order valence-corrected chi connectivity index (χ2v) is 4.26. The Labute approximate surface area is 107 Å². The molecule has 4 nitrogen and oxygen atoms in total. The fourth-order valence-corrected chi connectivity index (χ4v) is 1.68. The second kappa shape index (κ2) is 5.75. The minimum atomic E-state index is -0.114. The van der Waals surface area contributed by atoms with E-state index >= 15 is 0 Å². The van der Waals surface area contributed by atoms with Gasteiger partial charge in [0.1, 0.15) is 6.61 Å². The zero-order valence-electron chi connectivity index (χ0n) is 9.01. The number of benzene rings is 1. The van der Waals surface area contributed by atoms with E-state index in [1.807, 2.05) is 24.3 Å². The van der Waals surface area contributed by atoms with Crippen LogP contribution in [0.5, 0.6) is 5.88 Å². The highest BCUT2D eigenvalue weighted by Crippen LogP contribution is 2.17. The molecule has 2 aromatic rings. The third kappa shape index (κ3) is 3.25. The number of hydrogen-bond donors (Lipinski definition) is 1. The molecule has 17 heavy (non-hydrogen) atoms. The molecule has 0 saturated carbocycles. The molecule has 2 rings (SSSR count). The molecular formula is C12H11BrN2O2. The first-order valence-electron chi connectivity index (χ1n) is 5.09. The van der Waals surface area contributed by atoms with Gasteiger partial charge in [-0.25, -0.2) is 0 Å². The lowest BCUT2D eigenvalue weighted by Crippen LogP contribution is -2.00. The predicted octanol–water partition coefficient (Wildman–Crippen LogP) is 2.31. The molecule has 0 spiro atoms. The molecular weight excluding hydrogens is 284 g/mol. The minimum Gasteiger partial charge on any atom is -0.472 e. The molecule has 1 heterocycles. The lowest BCUT2D eigenvalue weighted by molar-refractivity contribution is 0.268. The van der Waals surface area contributed by atoms with Crippen molar-refractivity contribution in [2.24, 2.45) is 0 Å². The van der Waals surface area contributed by atoms with Crippen molar-refractivity contribution in [1.82, 2.24) is 10.2 Å². The number of aliphatic hydroxyl groups is 1. The Morgan fingerprint density at radius 3 is 2.59 bits per heavy atom. The van der Waals surface area contributed by atoms with Crippen molar-refractivity contribution in [3.05, 3.63) is 52.1 Å². The van der Waals surface area contributed by atoms with E-state index < -0.39 is 0 Å². The Morgan fingerprint density at radius 2 is 1.94 bits per heavy atom. The first-order chi connectivity index (χ1) is 8.29. The van der Waals surface area contributed by atoms with E-state index in [-0.39, 0.29) is 6.61 Å². The first kappa shape index (κ1) is 12.0. The normalized spacial score (nSPS) is 10.2. The van der Waals surface area contributed by atoms with Crippen molar-refractivity contribution in [2.45, 2.75) is 13.2 Å². The van der Waals surface area contributed by atoms with E-state index in [1.54, 1.807) is 12.1 Å². The number of rotatable bonds is 4. The molecule has 0 atom stereocenters. The maximum absolute atomic E-state index is 8.82. The highest BCUT2D eigenvalue weighted by atomic mass is 79.9. The van der Waals surface area contributed by atoms with E-state index in [9.17, 15) is 0 Å². The Morgan fingerprint density at radius 1 is 1.12 bits per heavy atom. The Bertz CT molecular complexity index is 488. The average molecular weight is 295 g/mol. The number of halogens is 1. The molecule has 0 fully saturated rings. The summed E-state index contributed by atoms with van der Waals surface area (Å²) in [6, 6.07) is 11.2. The Hall–Kier alpha value is -1.46. The van der Waals surface area contributed by atoms with Gasteiger partial charge in [-0.3, -0.25) is 0 Å². The van der Waals surface area contributed by atoms with Crippen LogP contribution in [0.2, 0.25) is 0 Å². The van der Waals surface area contributed by atoms with Gasteiger partial charge in [0.15, 0.2) is 0 Å². The van der Waals surface area contributed by atoms with Crippen molar-refractivity contribution in [3.63, 3.8) is 0 Å². The summed E-state index contributed by atoms with van der Waals surface area (Å²) in [7, 11) is 0. The number of hydrogen-bond acceptors (Lipinski definition) is 4. The second-order valence-electron chi connectivity index (χ2n) is 3.40. The summed E-state index contributed by atoms with van der Waals surface area (Å²) in [6.45, 7) is 0.312. The van der Waals surface area contributed by atoms with Crippen molar-refractivity contribution in [2.75, 3.05) is 0 Å². The number of aliphatic hydroxyl groups excluding tert-OH is 1. The van der Waals surface area contributed by atoms with Crippen molar-refractivity contribution >= 4 is 15.9 Å². The zero-order valence-corrected chi connectivity index (χ0v) is 10.6. The van der Waals surface area contributed by atoms with Gasteiger partial charge in [-0.15, -0.1) is 10.2 Å². The number of nitrogens with zero attached hydrogens (tertiary/aromatic N) is 2. The van der Waals surface area contributed by atoms with Crippen LogP contribution in [0.3, 0.4) is 0 Å². The van der Waals surface area contributed by atoms with Crippen molar-refractivity contribution in [1.29, 1.82) is 0 Å². The van der Waals surface area contributed by atoms with E-state index in [4.69, 9.17) is 9.84 Å². The van der Waals surface area contributed by atoms with Gasteiger partial charge in [0.25, 0.3) is 0 Å². The topological polar surface area (TPSA) is 55.2 Å². The SMILES string of the molecule is OCc1ccc(OCc2ccccc2Br)nn1. The van der Waals surface area contributed by atoms with Gasteiger partial charge in [0.2, 0.25) is 5.88 Å². The van der Waals surface area contributed by atoms with Gasteiger partial charge in [-0.1, -0.05) is 34.1 Å². The van der Waals surface area contributed by atoms with Crippen LogP contribution < -0.4 is 4.74 Å².